The molecule has 1 aromatic heterocycles. The summed E-state index contributed by atoms with van der Waals surface area (Å²) >= 11 is 0. The Balaban J connectivity index is 2.08. The first kappa shape index (κ1) is 15.2. The van der Waals surface area contributed by atoms with E-state index in [2.05, 4.69) is 21.9 Å². The summed E-state index contributed by atoms with van der Waals surface area (Å²) in [5, 5.41) is 3.07. The molecular weight excluding hydrogens is 264 g/mol. The summed E-state index contributed by atoms with van der Waals surface area (Å²) in [5.41, 5.74) is 0.407. The maximum Gasteiger partial charge on any atom is 0.269 e. The summed E-state index contributed by atoms with van der Waals surface area (Å²) in [6.45, 7) is 5.55. The molecule has 1 heterocycles. The Morgan fingerprint density at radius 3 is 2.76 bits per heavy atom. The maximum atomic E-state index is 12.3. The van der Waals surface area contributed by atoms with Gasteiger partial charge in [-0.3, -0.25) is 9.36 Å². The minimum atomic E-state index is -0.121. The standard InChI is InChI=1S/C16H22N4O/c1-3-14(16(21)18-13-8-6-5-7-9-13)19-15(4-2)20-11-10-17-12-20/h3-4,10-13H,2,5-9H2,1H3,(H,18,21)/b14-3-,19-15?. The van der Waals surface area contributed by atoms with Crippen LogP contribution < -0.4 is 5.32 Å². The fourth-order valence-electron chi connectivity index (χ4n) is 2.48. The van der Waals surface area contributed by atoms with Gasteiger partial charge >= 0.3 is 0 Å². The highest BCUT2D eigenvalue weighted by Crippen LogP contribution is 2.17. The summed E-state index contributed by atoms with van der Waals surface area (Å²) in [4.78, 5) is 20.7. The Labute approximate surface area is 125 Å². The Hall–Kier alpha value is -2.17. The van der Waals surface area contributed by atoms with Crippen LogP contribution in [-0.2, 0) is 4.79 Å². The molecule has 0 aliphatic heterocycles. The van der Waals surface area contributed by atoms with Gasteiger partial charge in [0.2, 0.25) is 0 Å². The molecule has 21 heavy (non-hydrogen) atoms. The second kappa shape index (κ2) is 7.57. The van der Waals surface area contributed by atoms with Crippen LogP contribution in [-0.4, -0.2) is 27.3 Å². The molecule has 0 spiro atoms. The summed E-state index contributed by atoms with van der Waals surface area (Å²) < 4.78 is 1.73. The minimum absolute atomic E-state index is 0.121. The lowest BCUT2D eigenvalue weighted by Crippen LogP contribution is -2.37. The van der Waals surface area contributed by atoms with Gasteiger partial charge in [0.1, 0.15) is 17.9 Å². The fraction of sp³-hybridized carbons (Fsp3) is 0.438. The van der Waals surface area contributed by atoms with Gasteiger partial charge in [-0.2, -0.15) is 0 Å². The van der Waals surface area contributed by atoms with E-state index < -0.39 is 0 Å². The minimum Gasteiger partial charge on any atom is -0.348 e. The molecule has 0 bridgehead atoms. The van der Waals surface area contributed by atoms with Crippen molar-refractivity contribution in [2.75, 3.05) is 0 Å². The van der Waals surface area contributed by atoms with Gasteiger partial charge in [0.05, 0.1) is 0 Å². The molecule has 0 saturated heterocycles. The van der Waals surface area contributed by atoms with E-state index >= 15 is 0 Å². The number of allylic oxidation sites excluding steroid dienone is 2. The van der Waals surface area contributed by atoms with Crippen molar-refractivity contribution >= 4 is 11.7 Å². The lowest BCUT2D eigenvalue weighted by molar-refractivity contribution is -0.118. The topological polar surface area (TPSA) is 59.3 Å². The normalized spacial score (nSPS) is 17.6. The zero-order chi connectivity index (χ0) is 15.1. The predicted octanol–water partition coefficient (Wildman–Crippen LogP) is 2.67. The second-order valence-corrected chi connectivity index (χ2v) is 5.13. The van der Waals surface area contributed by atoms with Crippen LogP contribution in [0, 0.1) is 0 Å². The van der Waals surface area contributed by atoms with Crippen LogP contribution in [0.4, 0.5) is 0 Å². The Kier molecular flexibility index (Phi) is 5.49. The van der Waals surface area contributed by atoms with Crippen molar-refractivity contribution in [2.45, 2.75) is 45.1 Å². The van der Waals surface area contributed by atoms with Crippen LogP contribution in [0.15, 0.2) is 48.1 Å². The van der Waals surface area contributed by atoms with Gasteiger partial charge in [0, 0.05) is 18.4 Å². The summed E-state index contributed by atoms with van der Waals surface area (Å²) in [6.07, 6.45) is 14.2. The first-order chi connectivity index (χ1) is 10.2. The molecule has 0 radical (unpaired) electrons. The van der Waals surface area contributed by atoms with Crippen LogP contribution in [0.25, 0.3) is 0 Å². The van der Waals surface area contributed by atoms with Gasteiger partial charge in [-0.25, -0.2) is 9.98 Å². The highest BCUT2D eigenvalue weighted by Gasteiger charge is 2.17. The van der Waals surface area contributed by atoms with Gasteiger partial charge in [-0.15, -0.1) is 0 Å². The number of aromatic nitrogens is 2. The number of imidazole rings is 1. The third kappa shape index (κ3) is 4.15. The van der Waals surface area contributed by atoms with Crippen LogP contribution in [0.5, 0.6) is 0 Å². The largest absolute Gasteiger partial charge is 0.348 e. The highest BCUT2D eigenvalue weighted by atomic mass is 16.2. The lowest BCUT2D eigenvalue weighted by atomic mass is 9.95. The number of nitrogens with zero attached hydrogens (tertiary/aromatic N) is 3. The van der Waals surface area contributed by atoms with Gasteiger partial charge in [0.25, 0.3) is 5.91 Å². The number of carbonyl (C=O) groups excluding carboxylic acids is 1. The molecule has 1 amide bonds. The number of nitrogens with one attached hydrogen (secondary N) is 1. The Morgan fingerprint density at radius 2 is 2.19 bits per heavy atom. The van der Waals surface area contributed by atoms with Crippen molar-refractivity contribution in [3.8, 4) is 0 Å². The van der Waals surface area contributed by atoms with Crippen LogP contribution in [0.2, 0.25) is 0 Å². The molecule has 1 saturated carbocycles. The summed E-state index contributed by atoms with van der Waals surface area (Å²) in [6, 6.07) is 0.275. The van der Waals surface area contributed by atoms with Crippen molar-refractivity contribution in [1.29, 1.82) is 0 Å². The summed E-state index contributed by atoms with van der Waals surface area (Å²) in [5.74, 6) is 0.461. The van der Waals surface area contributed by atoms with E-state index in [-0.39, 0.29) is 11.9 Å². The zero-order valence-corrected chi connectivity index (χ0v) is 12.5. The first-order valence-corrected chi connectivity index (χ1v) is 7.41. The second-order valence-electron chi connectivity index (χ2n) is 5.13. The van der Waals surface area contributed by atoms with Crippen LogP contribution in [0.3, 0.4) is 0 Å². The van der Waals surface area contributed by atoms with E-state index in [1.165, 1.54) is 19.3 Å². The highest BCUT2D eigenvalue weighted by molar-refractivity contribution is 6.01. The molecule has 0 atom stereocenters. The number of amides is 1. The van der Waals surface area contributed by atoms with E-state index in [1.54, 1.807) is 35.4 Å². The summed E-state index contributed by atoms with van der Waals surface area (Å²) in [7, 11) is 0. The third-order valence-corrected chi connectivity index (χ3v) is 3.63. The number of aliphatic imine (C=N–C) groups is 1. The van der Waals surface area contributed by atoms with Gasteiger partial charge in [-0.05, 0) is 25.8 Å². The molecule has 112 valence electrons. The Bertz CT molecular complexity index is 537. The number of carbonyl (C=O) groups is 1. The number of hydrogen-bond acceptors (Lipinski definition) is 3. The van der Waals surface area contributed by atoms with E-state index in [0.717, 1.165) is 12.8 Å². The molecular formula is C16H22N4O. The average Bonchev–Trinajstić information content (AvgIpc) is 3.03. The molecule has 5 heteroatoms. The zero-order valence-electron chi connectivity index (χ0n) is 12.5. The van der Waals surface area contributed by atoms with Gasteiger partial charge in [-0.1, -0.05) is 31.9 Å². The van der Waals surface area contributed by atoms with Crippen LogP contribution in [0.1, 0.15) is 39.0 Å². The SMILES string of the molecule is C=CC(=N/C(=C\C)C(=O)NC1CCCCC1)n1ccnc1. The van der Waals surface area contributed by atoms with Crippen molar-refractivity contribution in [2.24, 2.45) is 4.99 Å². The molecule has 1 aromatic rings. The third-order valence-electron chi connectivity index (χ3n) is 3.63. The van der Waals surface area contributed by atoms with Gasteiger partial charge in [0.15, 0.2) is 0 Å². The molecule has 1 aliphatic rings. The van der Waals surface area contributed by atoms with E-state index in [4.69, 9.17) is 0 Å². The first-order valence-electron chi connectivity index (χ1n) is 7.41. The fourth-order valence-corrected chi connectivity index (χ4v) is 2.48. The van der Waals surface area contributed by atoms with Crippen LogP contribution >= 0.6 is 0 Å². The predicted molar refractivity (Wildman–Crippen MR) is 84.0 cm³/mol. The van der Waals surface area contributed by atoms with Crippen molar-refractivity contribution in [1.82, 2.24) is 14.9 Å². The van der Waals surface area contributed by atoms with E-state index in [0.29, 0.717) is 11.5 Å². The van der Waals surface area contributed by atoms with Gasteiger partial charge < -0.3 is 5.32 Å². The smallest absolute Gasteiger partial charge is 0.269 e. The molecule has 5 nitrogen and oxygen atoms in total. The maximum absolute atomic E-state index is 12.3. The number of hydrogen-bond donors (Lipinski definition) is 1. The molecule has 2 rings (SSSR count). The van der Waals surface area contributed by atoms with E-state index in [1.807, 2.05) is 6.92 Å². The quantitative estimate of drug-likeness (QED) is 0.525. The molecule has 0 unspecified atom stereocenters. The van der Waals surface area contributed by atoms with E-state index in [9.17, 15) is 4.79 Å². The lowest BCUT2D eigenvalue weighted by Gasteiger charge is -2.22. The van der Waals surface area contributed by atoms with Crippen molar-refractivity contribution in [3.63, 3.8) is 0 Å². The average molecular weight is 286 g/mol. The van der Waals surface area contributed by atoms with Crippen molar-refractivity contribution < 1.29 is 4.79 Å². The molecule has 1 fully saturated rings. The monoisotopic (exact) mass is 286 g/mol. The Morgan fingerprint density at radius 1 is 1.43 bits per heavy atom. The molecule has 1 N–H and O–H groups in total. The van der Waals surface area contributed by atoms with Crippen molar-refractivity contribution in [3.05, 3.63) is 43.1 Å². The molecule has 0 aromatic carbocycles. The number of rotatable bonds is 4. The molecule has 1 aliphatic carbocycles.